The molecule has 5 heteroatoms. The first-order valence-corrected chi connectivity index (χ1v) is 6.87. The Hall–Kier alpha value is -1.49. The minimum absolute atomic E-state index is 0.0547. The number of hydrogen-bond acceptors (Lipinski definition) is 2. The van der Waals surface area contributed by atoms with Crippen molar-refractivity contribution >= 4 is 5.91 Å². The second-order valence-electron chi connectivity index (χ2n) is 5.61. The Morgan fingerprint density at radius 1 is 1.40 bits per heavy atom. The Morgan fingerprint density at radius 2 is 2.15 bits per heavy atom. The summed E-state index contributed by atoms with van der Waals surface area (Å²) in [5, 5.41) is 3.24. The molecule has 1 aromatic carbocycles. The van der Waals surface area contributed by atoms with Crippen molar-refractivity contribution in [2.45, 2.75) is 38.3 Å². The molecule has 2 rings (SSSR count). The number of piperidine rings is 1. The fraction of sp³-hybridized carbons (Fsp3) is 0.533. The van der Waals surface area contributed by atoms with Crippen LogP contribution in [0.5, 0.6) is 0 Å². The van der Waals surface area contributed by atoms with E-state index in [0.717, 1.165) is 31.9 Å². The Kier molecular flexibility index (Phi) is 4.38. The molecular formula is C15H20F2N2O. The van der Waals surface area contributed by atoms with Crippen LogP contribution in [0.3, 0.4) is 0 Å². The molecule has 1 N–H and O–H groups in total. The zero-order valence-electron chi connectivity index (χ0n) is 11.9. The molecule has 110 valence electrons. The zero-order valence-corrected chi connectivity index (χ0v) is 11.9. The van der Waals surface area contributed by atoms with Gasteiger partial charge >= 0.3 is 0 Å². The first kappa shape index (κ1) is 14.9. The molecule has 0 saturated carbocycles. The molecule has 1 aliphatic heterocycles. The number of benzene rings is 1. The normalized spacial score (nSPS) is 22.6. The van der Waals surface area contributed by atoms with E-state index in [4.69, 9.17) is 0 Å². The van der Waals surface area contributed by atoms with E-state index < -0.39 is 17.2 Å². The van der Waals surface area contributed by atoms with E-state index >= 15 is 0 Å². The predicted molar refractivity (Wildman–Crippen MR) is 73.1 cm³/mol. The molecule has 1 saturated heterocycles. The van der Waals surface area contributed by atoms with Crippen LogP contribution in [0.2, 0.25) is 0 Å². The molecular weight excluding hydrogens is 262 g/mol. The van der Waals surface area contributed by atoms with Crippen molar-refractivity contribution in [2.75, 3.05) is 13.6 Å². The van der Waals surface area contributed by atoms with E-state index in [0.29, 0.717) is 5.56 Å². The highest BCUT2D eigenvalue weighted by Gasteiger charge is 2.36. The van der Waals surface area contributed by atoms with E-state index in [9.17, 15) is 13.6 Å². The Morgan fingerprint density at radius 3 is 2.75 bits per heavy atom. The fourth-order valence-corrected chi connectivity index (χ4v) is 2.64. The fourth-order valence-electron chi connectivity index (χ4n) is 2.64. The van der Waals surface area contributed by atoms with Crippen molar-refractivity contribution in [3.8, 4) is 0 Å². The van der Waals surface area contributed by atoms with Gasteiger partial charge in [0.2, 0.25) is 5.91 Å². The van der Waals surface area contributed by atoms with Crippen LogP contribution in [0.4, 0.5) is 8.78 Å². The van der Waals surface area contributed by atoms with Gasteiger partial charge < -0.3 is 10.2 Å². The van der Waals surface area contributed by atoms with E-state index in [1.54, 1.807) is 7.05 Å². The number of carbonyl (C=O) groups excluding carboxylic acids is 1. The lowest BCUT2D eigenvalue weighted by molar-refractivity contribution is -0.138. The quantitative estimate of drug-likeness (QED) is 0.923. The van der Waals surface area contributed by atoms with Crippen LogP contribution in [0.15, 0.2) is 18.2 Å². The zero-order chi connectivity index (χ0) is 14.8. The third-order valence-electron chi connectivity index (χ3n) is 3.86. The summed E-state index contributed by atoms with van der Waals surface area (Å²) < 4.78 is 26.5. The van der Waals surface area contributed by atoms with Crippen LogP contribution < -0.4 is 5.32 Å². The minimum Gasteiger partial charge on any atom is -0.340 e. The molecule has 0 spiro atoms. The van der Waals surface area contributed by atoms with Crippen LogP contribution in [-0.4, -0.2) is 29.9 Å². The maximum absolute atomic E-state index is 13.6. The maximum Gasteiger partial charge on any atom is 0.242 e. The SMILES string of the molecule is CN(Cc1ccc(F)cc1F)C(=O)C1(C)CCCCN1. The summed E-state index contributed by atoms with van der Waals surface area (Å²) in [5.74, 6) is -1.28. The molecule has 0 aromatic heterocycles. The summed E-state index contributed by atoms with van der Waals surface area (Å²) in [6, 6.07) is 3.43. The minimum atomic E-state index is -0.619. The summed E-state index contributed by atoms with van der Waals surface area (Å²) in [6.07, 6.45) is 2.86. The molecule has 20 heavy (non-hydrogen) atoms. The summed E-state index contributed by atoms with van der Waals surface area (Å²) in [4.78, 5) is 14.0. The topological polar surface area (TPSA) is 32.3 Å². The predicted octanol–water partition coefficient (Wildman–Crippen LogP) is 2.46. The third-order valence-corrected chi connectivity index (χ3v) is 3.86. The van der Waals surface area contributed by atoms with Crippen LogP contribution in [-0.2, 0) is 11.3 Å². The van der Waals surface area contributed by atoms with Crippen molar-refractivity contribution < 1.29 is 13.6 Å². The average molecular weight is 282 g/mol. The second kappa shape index (κ2) is 5.87. The molecule has 1 fully saturated rings. The molecule has 3 nitrogen and oxygen atoms in total. The molecule has 1 unspecified atom stereocenters. The van der Waals surface area contributed by atoms with Gasteiger partial charge in [-0.25, -0.2) is 8.78 Å². The maximum atomic E-state index is 13.6. The molecule has 0 radical (unpaired) electrons. The van der Waals surface area contributed by atoms with Gasteiger partial charge in [0, 0.05) is 25.2 Å². The van der Waals surface area contributed by atoms with Crippen molar-refractivity contribution in [3.05, 3.63) is 35.4 Å². The number of nitrogens with one attached hydrogen (secondary N) is 1. The average Bonchev–Trinajstić information content (AvgIpc) is 2.42. The number of rotatable bonds is 3. The van der Waals surface area contributed by atoms with Gasteiger partial charge in [-0.1, -0.05) is 6.07 Å². The van der Waals surface area contributed by atoms with E-state index in [1.807, 2.05) is 6.92 Å². The number of halogens is 2. The third kappa shape index (κ3) is 3.15. The highest BCUT2D eigenvalue weighted by atomic mass is 19.1. The van der Waals surface area contributed by atoms with Crippen molar-refractivity contribution in [1.29, 1.82) is 0 Å². The van der Waals surface area contributed by atoms with Crippen LogP contribution >= 0.6 is 0 Å². The first-order chi connectivity index (χ1) is 9.42. The first-order valence-electron chi connectivity index (χ1n) is 6.87. The van der Waals surface area contributed by atoms with E-state index in [-0.39, 0.29) is 12.5 Å². The molecule has 1 amide bonds. The van der Waals surface area contributed by atoms with Gasteiger partial charge in [-0.05, 0) is 38.8 Å². The molecule has 0 bridgehead atoms. The number of likely N-dealkylation sites (N-methyl/N-ethyl adjacent to an activating group) is 1. The van der Waals surface area contributed by atoms with Gasteiger partial charge in [-0.2, -0.15) is 0 Å². The molecule has 1 aromatic rings. The van der Waals surface area contributed by atoms with Crippen molar-refractivity contribution in [1.82, 2.24) is 10.2 Å². The largest absolute Gasteiger partial charge is 0.340 e. The van der Waals surface area contributed by atoms with Crippen LogP contribution in [0.1, 0.15) is 31.7 Å². The van der Waals surface area contributed by atoms with Gasteiger partial charge in [0.25, 0.3) is 0 Å². The second-order valence-corrected chi connectivity index (χ2v) is 5.61. The monoisotopic (exact) mass is 282 g/mol. The lowest BCUT2D eigenvalue weighted by Crippen LogP contribution is -2.57. The van der Waals surface area contributed by atoms with Crippen LogP contribution in [0, 0.1) is 11.6 Å². The lowest BCUT2D eigenvalue weighted by Gasteiger charge is -2.36. The summed E-state index contributed by atoms with van der Waals surface area (Å²) in [6.45, 7) is 2.84. The van der Waals surface area contributed by atoms with E-state index in [1.165, 1.54) is 17.0 Å². The van der Waals surface area contributed by atoms with Gasteiger partial charge in [0.1, 0.15) is 11.6 Å². The number of hydrogen-bond donors (Lipinski definition) is 1. The number of amides is 1. The van der Waals surface area contributed by atoms with Gasteiger partial charge in [0.05, 0.1) is 5.54 Å². The molecule has 1 heterocycles. The summed E-state index contributed by atoms with van der Waals surface area (Å²) in [7, 11) is 1.65. The van der Waals surface area contributed by atoms with Crippen LogP contribution in [0.25, 0.3) is 0 Å². The van der Waals surface area contributed by atoms with Crippen molar-refractivity contribution in [3.63, 3.8) is 0 Å². The van der Waals surface area contributed by atoms with Gasteiger partial charge in [-0.15, -0.1) is 0 Å². The Bertz CT molecular complexity index is 499. The molecule has 1 aliphatic rings. The van der Waals surface area contributed by atoms with Gasteiger partial charge in [-0.3, -0.25) is 4.79 Å². The highest BCUT2D eigenvalue weighted by molar-refractivity contribution is 5.85. The Balaban J connectivity index is 2.07. The highest BCUT2D eigenvalue weighted by Crippen LogP contribution is 2.22. The van der Waals surface area contributed by atoms with Gasteiger partial charge in [0.15, 0.2) is 0 Å². The summed E-state index contributed by atoms with van der Waals surface area (Å²) >= 11 is 0. The smallest absolute Gasteiger partial charge is 0.242 e. The Labute approximate surface area is 118 Å². The van der Waals surface area contributed by atoms with E-state index in [2.05, 4.69) is 5.32 Å². The molecule has 1 atom stereocenters. The standard InChI is InChI=1S/C15H20F2N2O/c1-15(7-3-4-8-18-15)14(20)19(2)10-11-5-6-12(16)9-13(11)17/h5-6,9,18H,3-4,7-8,10H2,1-2H3. The number of carbonyl (C=O) groups is 1. The van der Waals surface area contributed by atoms with Crippen molar-refractivity contribution in [2.24, 2.45) is 0 Å². The number of nitrogens with zero attached hydrogens (tertiary/aromatic N) is 1. The molecule has 0 aliphatic carbocycles. The summed E-state index contributed by atoms with van der Waals surface area (Å²) in [5.41, 5.74) is -0.259. The lowest BCUT2D eigenvalue weighted by atomic mass is 9.89.